The molecule has 7 aromatic carbocycles. The third kappa shape index (κ3) is 52.2. The van der Waals surface area contributed by atoms with Gasteiger partial charge in [-0.25, -0.2) is 8.78 Å². The van der Waals surface area contributed by atoms with Crippen LogP contribution in [0.4, 0.5) is 8.78 Å². The number of ketones is 1. The summed E-state index contributed by atoms with van der Waals surface area (Å²) in [6.45, 7) is 29.1. The highest BCUT2D eigenvalue weighted by Crippen LogP contribution is 2.35. The van der Waals surface area contributed by atoms with Crippen LogP contribution in [0, 0.1) is 46.8 Å². The Hall–Kier alpha value is -7.74. The SMILES string of the molecule is CC(=N)CCC[C@@H](O)c1cccc(OCC2CCCCC2)c1.CCC(=O)Cc1cccc(OCC2CCCCC2)c1.CCC(F)Cc1cccc(OCC2CCCCC2)c1.CCCC(F)c1cccc(OCC2CCCCC2)c1.CCCC(OC)c1cccc(OCC2CCCCC2)c1.CCCCc1cccc(OCC(CC)CC)c1.CCCCc1cccc(OCC(CCC)CCC)c1. The predicted molar refractivity (Wildman–Crippen MR) is 565 cm³/mol. The third-order valence-electron chi connectivity index (χ3n) is 27.6. The molecule has 0 radical (unpaired) electrons. The minimum Gasteiger partial charge on any atom is -0.493 e. The van der Waals surface area contributed by atoms with Crippen LogP contribution in [0.15, 0.2) is 170 Å². The number of carbonyl (C=O) groups is 1. The minimum absolute atomic E-state index is 0.193. The van der Waals surface area contributed by atoms with Gasteiger partial charge in [-0.2, -0.15) is 0 Å². The number of Topliss-reactive ketones (excluding diaryl/α,β-unsaturated/α-hetero) is 1. The zero-order valence-corrected chi connectivity index (χ0v) is 86.8. The number of aryl methyl sites for hydroxylation is 2. The first-order valence-electron chi connectivity index (χ1n) is 54.5. The summed E-state index contributed by atoms with van der Waals surface area (Å²) in [7, 11) is 1.79. The van der Waals surface area contributed by atoms with Gasteiger partial charge in [0.1, 0.15) is 58.4 Å². The van der Waals surface area contributed by atoms with Crippen molar-refractivity contribution in [3.05, 3.63) is 209 Å². The van der Waals surface area contributed by atoms with Gasteiger partial charge >= 0.3 is 0 Å². The summed E-state index contributed by atoms with van der Waals surface area (Å²) < 4.78 is 74.2. The number of hydrogen-bond acceptors (Lipinski definition) is 11. The number of aliphatic hydroxyl groups is 1. The van der Waals surface area contributed by atoms with Crippen LogP contribution in [0.1, 0.15) is 416 Å². The van der Waals surface area contributed by atoms with E-state index in [0.717, 1.165) is 153 Å². The Bertz CT molecular complexity index is 4090. The molecule has 135 heavy (non-hydrogen) atoms. The number of nitrogens with one attached hydrogen (secondary N) is 1. The number of benzene rings is 7. The fourth-order valence-electron chi connectivity index (χ4n) is 18.8. The maximum absolute atomic E-state index is 13.9. The van der Waals surface area contributed by atoms with E-state index in [0.29, 0.717) is 73.8 Å². The number of aliphatic hydroxyl groups excluding tert-OH is 1. The molecule has 4 atom stereocenters. The molecule has 0 amide bonds. The lowest BCUT2D eigenvalue weighted by molar-refractivity contribution is -0.118. The summed E-state index contributed by atoms with van der Waals surface area (Å²) in [5.41, 5.74) is 8.48. The van der Waals surface area contributed by atoms with Crippen LogP contribution >= 0.6 is 0 Å². The van der Waals surface area contributed by atoms with Crippen LogP contribution in [0.25, 0.3) is 0 Å². The highest BCUT2D eigenvalue weighted by molar-refractivity contribution is 5.80. The van der Waals surface area contributed by atoms with E-state index < -0.39 is 18.4 Å². The first-order chi connectivity index (χ1) is 65.9. The van der Waals surface area contributed by atoms with E-state index in [1.54, 1.807) is 7.11 Å². The topological polar surface area (TPSA) is 135 Å². The van der Waals surface area contributed by atoms with Gasteiger partial charge in [0.25, 0.3) is 0 Å². The summed E-state index contributed by atoms with van der Waals surface area (Å²) in [4.78, 5) is 11.5. The molecule has 5 fully saturated rings. The van der Waals surface area contributed by atoms with Gasteiger partial charge in [-0.05, 0) is 313 Å². The molecule has 5 aliphatic rings. The summed E-state index contributed by atoms with van der Waals surface area (Å²) in [6.07, 6.45) is 54.4. The lowest BCUT2D eigenvalue weighted by Crippen LogP contribution is -2.15. The number of hydrogen-bond donors (Lipinski definition) is 2. The number of ether oxygens (including phenoxy) is 8. The van der Waals surface area contributed by atoms with Crippen molar-refractivity contribution in [3.8, 4) is 40.2 Å². The predicted octanol–water partition coefficient (Wildman–Crippen LogP) is 35.1. The van der Waals surface area contributed by atoms with Gasteiger partial charge in [0, 0.05) is 32.1 Å². The Balaban J connectivity index is 0.000000242. The van der Waals surface area contributed by atoms with Crippen LogP contribution in [0.2, 0.25) is 0 Å². The normalized spacial score (nSPS) is 15.8. The summed E-state index contributed by atoms with van der Waals surface area (Å²) in [6, 6.07) is 56.9. The fraction of sp³-hybridized carbons (Fsp3) is 0.639. The zero-order valence-electron chi connectivity index (χ0n) is 86.8. The van der Waals surface area contributed by atoms with Crippen molar-refractivity contribution < 1.29 is 56.6 Å². The molecule has 13 heteroatoms. The van der Waals surface area contributed by atoms with Crippen molar-refractivity contribution in [3.63, 3.8) is 0 Å². The number of unbranched alkanes of at least 4 members (excludes halogenated alkanes) is 2. The van der Waals surface area contributed by atoms with Crippen molar-refractivity contribution in [2.45, 2.75) is 409 Å². The van der Waals surface area contributed by atoms with E-state index in [9.17, 15) is 18.7 Å². The van der Waals surface area contributed by atoms with E-state index in [-0.39, 0.29) is 11.9 Å². The van der Waals surface area contributed by atoms with Gasteiger partial charge < -0.3 is 48.4 Å². The molecule has 3 unspecified atom stereocenters. The molecule has 5 saturated carbocycles. The molecule has 754 valence electrons. The Labute approximate surface area is 821 Å². The second-order valence-electron chi connectivity index (χ2n) is 39.6. The van der Waals surface area contributed by atoms with Crippen LogP contribution < -0.4 is 33.2 Å². The molecular weight excluding hydrogens is 1680 g/mol. The lowest BCUT2D eigenvalue weighted by Gasteiger charge is -2.22. The Morgan fingerprint density at radius 3 is 1.07 bits per heavy atom. The van der Waals surface area contributed by atoms with Crippen LogP contribution in [-0.4, -0.2) is 76.1 Å². The Morgan fingerprint density at radius 1 is 0.363 bits per heavy atom. The van der Waals surface area contributed by atoms with Crippen molar-refractivity contribution in [2.24, 2.45) is 41.4 Å². The van der Waals surface area contributed by atoms with Crippen LogP contribution in [0.3, 0.4) is 0 Å². The molecule has 0 spiro atoms. The fourth-order valence-corrected chi connectivity index (χ4v) is 18.8. The largest absolute Gasteiger partial charge is 0.493 e. The summed E-state index contributed by atoms with van der Waals surface area (Å²) in [5, 5.41) is 17.7. The quantitative estimate of drug-likeness (QED) is 0.0355. The lowest BCUT2D eigenvalue weighted by atomic mass is 9.90. The Kier molecular flexibility index (Phi) is 63.1. The monoisotopic (exact) mass is 1860 g/mol. The third-order valence-corrected chi connectivity index (χ3v) is 27.6. The van der Waals surface area contributed by atoms with Gasteiger partial charge in [0.2, 0.25) is 0 Å². The molecule has 12 rings (SSSR count). The summed E-state index contributed by atoms with van der Waals surface area (Å²) in [5.74, 6) is 11.8. The van der Waals surface area contributed by atoms with Gasteiger partial charge in [-0.3, -0.25) is 4.79 Å². The first-order valence-corrected chi connectivity index (χ1v) is 54.5. The first kappa shape index (κ1) is 116. The number of carbonyl (C=O) groups excluding carboxylic acids is 1. The molecule has 2 N–H and O–H groups in total. The molecule has 7 aromatic rings. The Morgan fingerprint density at radius 2 is 0.696 bits per heavy atom. The molecule has 0 saturated heterocycles. The van der Waals surface area contributed by atoms with Gasteiger partial charge in [0.15, 0.2) is 0 Å². The maximum Gasteiger partial charge on any atom is 0.136 e. The van der Waals surface area contributed by atoms with E-state index >= 15 is 0 Å². The smallest absolute Gasteiger partial charge is 0.136 e. The number of methoxy groups -OCH3 is 1. The average molecular weight is 1870 g/mol. The van der Waals surface area contributed by atoms with E-state index in [4.69, 9.17) is 43.3 Å². The molecule has 11 nitrogen and oxygen atoms in total. The number of halogens is 2. The number of rotatable bonds is 51. The van der Waals surface area contributed by atoms with Gasteiger partial charge in [-0.1, -0.05) is 302 Å². The molecule has 0 heterocycles. The van der Waals surface area contributed by atoms with Crippen molar-refractivity contribution in [1.29, 1.82) is 5.41 Å². The average Bonchev–Trinajstić information content (AvgIpc) is 0.889. The van der Waals surface area contributed by atoms with Crippen molar-refractivity contribution in [1.82, 2.24) is 0 Å². The standard InChI is InChI=1S/C19H29NO2.C18H28O2.C18H30O.2C17H25FO.C17H24O2.C16H26O/c1-15(20)7-5-12-19(21)17-10-6-11-18(13-17)22-14-16-8-3-2-4-9-16;1-3-8-18(19-2)16-11-7-12-17(13-16)20-14-15-9-5-4-6-10-15;1-4-7-11-16-12-8-13-18(14-16)19-15-17(9-5-2)10-6-3;1-2-16(18)11-15-9-6-10-17(12-15)19-13-14-7-4-3-5-8-14;1-2-7-17(18)15-10-6-11-16(12-15)19-13-14-8-4-3-5-9-14;1-2-16(18)11-15-9-6-10-17(12-15)19-13-14-7-4-3-5-8-14;1-4-7-9-15-10-8-11-16(12-15)17-13-14(5-2)6-3/h6,10-11,13,16,19-21H,2-5,7-9,12,14H2,1H3;7,11-13,15,18H,3-6,8-10,14H2,1-2H3;8,12-14,17H,4-7,9-11,15H2,1-3H3;6,9-10,12,14,16H,2-5,7-8,11,13H2,1H3;6,10-12,14,17H,2-5,7-9,13H2,1H3;6,9-10,12,14H,2-5,7-8,11,13H2,1H3;8,10-12,14H,4-7,9,13H2,1-3H3/t19-;;;;;;/m1....../s1. The zero-order chi connectivity index (χ0) is 96.9. The molecule has 5 aliphatic carbocycles. The molecule has 0 aliphatic heterocycles. The van der Waals surface area contributed by atoms with Crippen LogP contribution in [-0.2, 0) is 35.2 Å². The van der Waals surface area contributed by atoms with Crippen molar-refractivity contribution in [2.75, 3.05) is 53.4 Å². The highest BCUT2D eigenvalue weighted by atomic mass is 19.1. The number of alkyl halides is 2. The minimum atomic E-state index is -0.858. The van der Waals surface area contributed by atoms with E-state index in [1.807, 2.05) is 125 Å². The van der Waals surface area contributed by atoms with Crippen molar-refractivity contribution >= 4 is 11.5 Å². The molecule has 0 bridgehead atoms. The maximum atomic E-state index is 13.9. The van der Waals surface area contributed by atoms with Gasteiger partial charge in [-0.15, -0.1) is 0 Å². The van der Waals surface area contributed by atoms with E-state index in [1.165, 1.54) is 254 Å². The molecular formula is C122H187F2NO10. The van der Waals surface area contributed by atoms with E-state index in [2.05, 4.69) is 121 Å². The van der Waals surface area contributed by atoms with Crippen LogP contribution in [0.5, 0.6) is 40.2 Å². The summed E-state index contributed by atoms with van der Waals surface area (Å²) >= 11 is 0. The second-order valence-corrected chi connectivity index (χ2v) is 39.6. The second kappa shape index (κ2) is 73.4. The highest BCUT2D eigenvalue weighted by Gasteiger charge is 2.22. The molecule has 0 aromatic heterocycles. The van der Waals surface area contributed by atoms with Gasteiger partial charge in [0.05, 0.1) is 58.5 Å².